The van der Waals surface area contributed by atoms with Crippen LogP contribution in [0, 0.1) is 6.92 Å². The molecule has 126 valence electrons. The highest BCUT2D eigenvalue weighted by Gasteiger charge is 2.39. The molecule has 0 saturated carbocycles. The fourth-order valence-electron chi connectivity index (χ4n) is 3.34. The fraction of sp³-hybridized carbons (Fsp3) is 0.588. The van der Waals surface area contributed by atoms with E-state index in [0.717, 1.165) is 5.56 Å². The van der Waals surface area contributed by atoms with E-state index < -0.39 is 5.60 Å². The van der Waals surface area contributed by atoms with Crippen LogP contribution in [0.25, 0.3) is 0 Å². The van der Waals surface area contributed by atoms with E-state index in [4.69, 9.17) is 9.47 Å². The van der Waals surface area contributed by atoms with Crippen molar-refractivity contribution in [2.24, 2.45) is 0 Å². The molecule has 23 heavy (non-hydrogen) atoms. The molecule has 0 bridgehead atoms. The Bertz CT molecular complexity index is 617. The van der Waals surface area contributed by atoms with E-state index in [1.165, 1.54) is 0 Å². The van der Waals surface area contributed by atoms with Gasteiger partial charge in [-0.25, -0.2) is 0 Å². The summed E-state index contributed by atoms with van der Waals surface area (Å²) < 4.78 is 11.1. The van der Waals surface area contributed by atoms with E-state index in [-0.39, 0.29) is 5.91 Å². The highest BCUT2D eigenvalue weighted by atomic mass is 16.6. The summed E-state index contributed by atoms with van der Waals surface area (Å²) in [4.78, 5) is 16.5. The van der Waals surface area contributed by atoms with Gasteiger partial charge in [-0.05, 0) is 45.1 Å². The first-order chi connectivity index (χ1) is 10.9. The predicted octanol–water partition coefficient (Wildman–Crippen LogP) is 0.905. The van der Waals surface area contributed by atoms with E-state index in [0.29, 0.717) is 56.3 Å². The first kappa shape index (κ1) is 16.1. The smallest absolute Gasteiger partial charge is 0.254 e. The van der Waals surface area contributed by atoms with Crippen molar-refractivity contribution in [1.29, 1.82) is 0 Å². The van der Waals surface area contributed by atoms with Gasteiger partial charge in [0.05, 0.1) is 12.1 Å². The van der Waals surface area contributed by atoms with E-state index in [2.05, 4.69) is 0 Å². The SMILES string of the molecule is Cc1cc2c(cc1C(=O)N1CC[C@@](O)(CN(C)C)C1)OCCO2. The molecule has 0 aromatic heterocycles. The van der Waals surface area contributed by atoms with Crippen LogP contribution in [-0.4, -0.2) is 73.4 Å². The number of aryl methyl sites for hydroxylation is 1. The maximum Gasteiger partial charge on any atom is 0.254 e. The third kappa shape index (κ3) is 3.28. The number of β-amino-alcohol motifs (C(OH)–C–C–N with tert-alkyl or cyclic N) is 1. The second kappa shape index (κ2) is 6.02. The molecule has 0 radical (unpaired) electrons. The number of rotatable bonds is 3. The van der Waals surface area contributed by atoms with Crippen molar-refractivity contribution in [2.45, 2.75) is 18.9 Å². The standard InChI is InChI=1S/C17H24N2O4/c1-12-8-14-15(23-7-6-22-14)9-13(12)16(20)19-5-4-17(21,11-19)10-18(2)3/h8-9,21H,4-7,10-11H2,1-3H3/t17-/m1/s1. The molecule has 6 heteroatoms. The molecule has 0 spiro atoms. The first-order valence-electron chi connectivity index (χ1n) is 7.95. The maximum atomic E-state index is 12.8. The van der Waals surface area contributed by atoms with Crippen LogP contribution in [0.4, 0.5) is 0 Å². The maximum absolute atomic E-state index is 12.8. The van der Waals surface area contributed by atoms with Crippen molar-refractivity contribution in [2.75, 3.05) is 46.9 Å². The number of ether oxygens (including phenoxy) is 2. The van der Waals surface area contributed by atoms with Crippen LogP contribution < -0.4 is 9.47 Å². The Balaban J connectivity index is 1.79. The predicted molar refractivity (Wildman–Crippen MR) is 86.2 cm³/mol. The number of aliphatic hydroxyl groups is 1. The van der Waals surface area contributed by atoms with Gasteiger partial charge in [0, 0.05) is 18.7 Å². The Hall–Kier alpha value is -1.79. The number of hydrogen-bond acceptors (Lipinski definition) is 5. The number of benzene rings is 1. The summed E-state index contributed by atoms with van der Waals surface area (Å²) in [7, 11) is 3.85. The van der Waals surface area contributed by atoms with Crippen molar-refractivity contribution >= 4 is 5.91 Å². The molecule has 1 aromatic carbocycles. The number of likely N-dealkylation sites (N-methyl/N-ethyl adjacent to an activating group) is 1. The second-order valence-corrected chi connectivity index (χ2v) is 6.75. The van der Waals surface area contributed by atoms with Crippen molar-refractivity contribution in [3.8, 4) is 11.5 Å². The van der Waals surface area contributed by atoms with Crippen LogP contribution >= 0.6 is 0 Å². The third-order valence-corrected chi connectivity index (χ3v) is 4.35. The lowest BCUT2D eigenvalue weighted by molar-refractivity contribution is 0.0236. The number of nitrogens with zero attached hydrogens (tertiary/aromatic N) is 2. The molecular weight excluding hydrogens is 296 g/mol. The molecule has 1 N–H and O–H groups in total. The molecule has 2 heterocycles. The molecule has 2 aliphatic rings. The highest BCUT2D eigenvalue weighted by molar-refractivity contribution is 5.96. The lowest BCUT2D eigenvalue weighted by Gasteiger charge is -2.27. The van der Waals surface area contributed by atoms with E-state index in [9.17, 15) is 9.90 Å². The highest BCUT2D eigenvalue weighted by Crippen LogP contribution is 2.34. The van der Waals surface area contributed by atoms with Crippen molar-refractivity contribution in [1.82, 2.24) is 9.80 Å². The molecule has 1 saturated heterocycles. The van der Waals surface area contributed by atoms with Gasteiger partial charge in [0.1, 0.15) is 13.2 Å². The number of fused-ring (bicyclic) bond motifs is 1. The van der Waals surface area contributed by atoms with E-state index in [1.807, 2.05) is 32.0 Å². The van der Waals surface area contributed by atoms with Gasteiger partial charge in [-0.3, -0.25) is 4.79 Å². The average Bonchev–Trinajstić information content (AvgIpc) is 2.87. The van der Waals surface area contributed by atoms with Crippen molar-refractivity contribution in [3.05, 3.63) is 23.3 Å². The van der Waals surface area contributed by atoms with Gasteiger partial charge >= 0.3 is 0 Å². The van der Waals surface area contributed by atoms with Gasteiger partial charge in [0.15, 0.2) is 11.5 Å². The molecule has 1 atom stereocenters. The lowest BCUT2D eigenvalue weighted by Crippen LogP contribution is -2.43. The molecule has 1 amide bonds. The summed E-state index contributed by atoms with van der Waals surface area (Å²) >= 11 is 0. The van der Waals surface area contributed by atoms with Crippen LogP contribution in [0.15, 0.2) is 12.1 Å². The Morgan fingerprint density at radius 3 is 2.61 bits per heavy atom. The number of carbonyl (C=O) groups is 1. The first-order valence-corrected chi connectivity index (χ1v) is 7.95. The summed E-state index contributed by atoms with van der Waals surface area (Å²) in [5, 5.41) is 10.6. The minimum Gasteiger partial charge on any atom is -0.486 e. The van der Waals surface area contributed by atoms with Crippen molar-refractivity contribution < 1.29 is 19.4 Å². The Morgan fingerprint density at radius 2 is 1.96 bits per heavy atom. The largest absolute Gasteiger partial charge is 0.486 e. The number of carbonyl (C=O) groups excluding carboxylic acids is 1. The van der Waals surface area contributed by atoms with Gasteiger partial charge in [0.25, 0.3) is 5.91 Å². The summed E-state index contributed by atoms with van der Waals surface area (Å²) in [6.45, 7) is 4.40. The fourth-order valence-corrected chi connectivity index (χ4v) is 3.34. The Kier molecular flexibility index (Phi) is 4.21. The van der Waals surface area contributed by atoms with Crippen LogP contribution in [-0.2, 0) is 0 Å². The zero-order chi connectivity index (χ0) is 16.6. The molecule has 3 rings (SSSR count). The van der Waals surface area contributed by atoms with Gasteiger partial charge < -0.3 is 24.4 Å². The number of hydrogen-bond donors (Lipinski definition) is 1. The van der Waals surface area contributed by atoms with Crippen LogP contribution in [0.2, 0.25) is 0 Å². The molecule has 6 nitrogen and oxygen atoms in total. The molecule has 1 aromatic rings. The zero-order valence-electron chi connectivity index (χ0n) is 14.0. The quantitative estimate of drug-likeness (QED) is 0.897. The van der Waals surface area contributed by atoms with Crippen LogP contribution in [0.3, 0.4) is 0 Å². The van der Waals surface area contributed by atoms with Crippen LogP contribution in [0.5, 0.6) is 11.5 Å². The average molecular weight is 320 g/mol. The zero-order valence-corrected chi connectivity index (χ0v) is 14.0. The van der Waals surface area contributed by atoms with Gasteiger partial charge in [-0.15, -0.1) is 0 Å². The topological polar surface area (TPSA) is 62.2 Å². The second-order valence-electron chi connectivity index (χ2n) is 6.75. The monoisotopic (exact) mass is 320 g/mol. The molecule has 2 aliphatic heterocycles. The van der Waals surface area contributed by atoms with Crippen molar-refractivity contribution in [3.63, 3.8) is 0 Å². The van der Waals surface area contributed by atoms with Gasteiger partial charge in [-0.1, -0.05) is 0 Å². The normalized spacial score (nSPS) is 23.4. The molecule has 0 aliphatic carbocycles. The molecule has 1 fully saturated rings. The number of likely N-dealkylation sites (tertiary alicyclic amines) is 1. The number of amides is 1. The van der Waals surface area contributed by atoms with Gasteiger partial charge in [-0.2, -0.15) is 0 Å². The van der Waals surface area contributed by atoms with Gasteiger partial charge in [0.2, 0.25) is 0 Å². The minimum absolute atomic E-state index is 0.0610. The Morgan fingerprint density at radius 1 is 1.30 bits per heavy atom. The summed E-state index contributed by atoms with van der Waals surface area (Å²) in [5.41, 5.74) is 0.645. The van der Waals surface area contributed by atoms with E-state index >= 15 is 0 Å². The summed E-state index contributed by atoms with van der Waals surface area (Å²) in [6.07, 6.45) is 0.598. The molecule has 0 unspecified atom stereocenters. The minimum atomic E-state index is -0.832. The summed E-state index contributed by atoms with van der Waals surface area (Å²) in [6, 6.07) is 3.61. The Labute approximate surface area is 136 Å². The molecular formula is C17H24N2O4. The van der Waals surface area contributed by atoms with Crippen LogP contribution in [0.1, 0.15) is 22.3 Å². The lowest BCUT2D eigenvalue weighted by atomic mass is 10.0. The van der Waals surface area contributed by atoms with E-state index in [1.54, 1.807) is 11.0 Å². The summed E-state index contributed by atoms with van der Waals surface area (Å²) in [5.74, 6) is 1.25. The third-order valence-electron chi connectivity index (χ3n) is 4.35.